The van der Waals surface area contributed by atoms with Gasteiger partial charge in [0.25, 0.3) is 5.69 Å². The van der Waals surface area contributed by atoms with Crippen molar-refractivity contribution >= 4 is 11.4 Å². The second-order valence-corrected chi connectivity index (χ2v) is 4.36. The molecule has 0 saturated carbocycles. The fourth-order valence-electron chi connectivity index (χ4n) is 1.90. The van der Waals surface area contributed by atoms with Crippen molar-refractivity contribution in [3.8, 4) is 0 Å². The molecule has 1 atom stereocenters. The molecular weight excluding hydrogens is 258 g/mol. The van der Waals surface area contributed by atoms with Gasteiger partial charge in [-0.15, -0.1) is 13.2 Å². The Morgan fingerprint density at radius 1 is 1.40 bits per heavy atom. The van der Waals surface area contributed by atoms with Gasteiger partial charge >= 0.3 is 0 Å². The fourth-order valence-corrected chi connectivity index (χ4v) is 1.90. The number of nitro groups is 1. The molecule has 0 spiro atoms. The van der Waals surface area contributed by atoms with Crippen molar-refractivity contribution in [1.29, 1.82) is 0 Å². The lowest BCUT2D eigenvalue weighted by atomic mass is 10.1. The van der Waals surface area contributed by atoms with Gasteiger partial charge in [-0.1, -0.05) is 12.2 Å². The highest BCUT2D eigenvalue weighted by molar-refractivity contribution is 5.52. The van der Waals surface area contributed by atoms with Crippen LogP contribution in [-0.4, -0.2) is 34.2 Å². The van der Waals surface area contributed by atoms with Crippen LogP contribution in [0.1, 0.15) is 5.56 Å². The zero-order valence-electron chi connectivity index (χ0n) is 11.2. The molecule has 0 aliphatic carbocycles. The third-order valence-electron chi connectivity index (χ3n) is 2.86. The van der Waals surface area contributed by atoms with Gasteiger partial charge in [0, 0.05) is 36.8 Å². The summed E-state index contributed by atoms with van der Waals surface area (Å²) in [4.78, 5) is 12.2. The Morgan fingerprint density at radius 3 is 2.50 bits per heavy atom. The molecule has 0 bridgehead atoms. The summed E-state index contributed by atoms with van der Waals surface area (Å²) in [6.45, 7) is 8.17. The van der Waals surface area contributed by atoms with E-state index in [1.807, 2.05) is 0 Å². The average Bonchev–Trinajstić information content (AvgIpc) is 2.40. The quantitative estimate of drug-likeness (QED) is 0.248. The standard InChI is InChI=1S/C14H19N3O3/c1-3-7-16(8-4-2)14(18)9-11-5-6-12(15)10-13(11)17(19)20/h3-6,10,14,18H,1-2,7-9,15H2. The van der Waals surface area contributed by atoms with Crippen LogP contribution in [0.4, 0.5) is 11.4 Å². The van der Waals surface area contributed by atoms with E-state index >= 15 is 0 Å². The minimum atomic E-state index is -0.853. The third-order valence-corrected chi connectivity index (χ3v) is 2.86. The molecule has 108 valence electrons. The first-order chi connectivity index (χ1) is 9.49. The maximum Gasteiger partial charge on any atom is 0.274 e. The van der Waals surface area contributed by atoms with Gasteiger partial charge in [0.2, 0.25) is 0 Å². The maximum atomic E-state index is 11.0. The Balaban J connectivity index is 2.93. The van der Waals surface area contributed by atoms with Crippen LogP contribution in [0.15, 0.2) is 43.5 Å². The number of aliphatic hydroxyl groups is 1. The van der Waals surface area contributed by atoms with Gasteiger partial charge in [0.05, 0.1) is 4.92 Å². The molecule has 0 saturated heterocycles. The molecule has 0 heterocycles. The molecule has 0 amide bonds. The van der Waals surface area contributed by atoms with Gasteiger partial charge in [0.15, 0.2) is 0 Å². The highest BCUT2D eigenvalue weighted by Gasteiger charge is 2.20. The lowest BCUT2D eigenvalue weighted by Crippen LogP contribution is -2.37. The van der Waals surface area contributed by atoms with Gasteiger partial charge in [-0.25, -0.2) is 0 Å². The minimum Gasteiger partial charge on any atom is -0.399 e. The SMILES string of the molecule is C=CCN(CC=C)C(O)Cc1ccc(N)cc1[N+](=O)[O-]. The van der Waals surface area contributed by atoms with E-state index in [1.165, 1.54) is 6.07 Å². The summed E-state index contributed by atoms with van der Waals surface area (Å²) in [5.41, 5.74) is 6.23. The zero-order chi connectivity index (χ0) is 15.1. The number of nitrogen functional groups attached to an aromatic ring is 1. The summed E-state index contributed by atoms with van der Waals surface area (Å²) in [5.74, 6) is 0. The van der Waals surface area contributed by atoms with Gasteiger partial charge < -0.3 is 10.8 Å². The summed E-state index contributed by atoms with van der Waals surface area (Å²) in [5, 5.41) is 21.2. The molecule has 0 aliphatic heterocycles. The molecule has 0 aromatic heterocycles. The number of anilines is 1. The van der Waals surface area contributed by atoms with Crippen LogP contribution >= 0.6 is 0 Å². The first-order valence-corrected chi connectivity index (χ1v) is 6.16. The third kappa shape index (κ3) is 4.18. The number of rotatable bonds is 8. The predicted octanol–water partition coefficient (Wildman–Crippen LogP) is 1.71. The number of benzene rings is 1. The molecule has 6 heteroatoms. The molecule has 0 radical (unpaired) electrons. The van der Waals surface area contributed by atoms with Crippen molar-refractivity contribution < 1.29 is 10.0 Å². The Labute approximate surface area is 118 Å². The Hall–Kier alpha value is -2.18. The summed E-state index contributed by atoms with van der Waals surface area (Å²) < 4.78 is 0. The highest BCUT2D eigenvalue weighted by Crippen LogP contribution is 2.23. The van der Waals surface area contributed by atoms with Crippen molar-refractivity contribution in [1.82, 2.24) is 4.90 Å². The van der Waals surface area contributed by atoms with Crippen molar-refractivity contribution in [2.75, 3.05) is 18.8 Å². The van der Waals surface area contributed by atoms with Gasteiger partial charge in [0.1, 0.15) is 6.23 Å². The normalized spacial score (nSPS) is 12.1. The molecule has 1 unspecified atom stereocenters. The van der Waals surface area contributed by atoms with Crippen molar-refractivity contribution in [3.63, 3.8) is 0 Å². The zero-order valence-corrected chi connectivity index (χ0v) is 11.2. The number of aliphatic hydroxyl groups excluding tert-OH is 1. The molecule has 0 aliphatic rings. The van der Waals surface area contributed by atoms with Gasteiger partial charge in [-0.05, 0) is 12.1 Å². The van der Waals surface area contributed by atoms with E-state index in [2.05, 4.69) is 13.2 Å². The van der Waals surface area contributed by atoms with Crippen LogP contribution in [0.3, 0.4) is 0 Å². The maximum absolute atomic E-state index is 11.0. The van der Waals surface area contributed by atoms with Crippen molar-refractivity contribution in [2.45, 2.75) is 12.6 Å². The van der Waals surface area contributed by atoms with E-state index in [1.54, 1.807) is 29.2 Å². The van der Waals surface area contributed by atoms with Crippen LogP contribution in [-0.2, 0) is 6.42 Å². The van der Waals surface area contributed by atoms with E-state index in [0.717, 1.165) is 0 Å². The summed E-state index contributed by atoms with van der Waals surface area (Å²) in [6, 6.07) is 4.45. The summed E-state index contributed by atoms with van der Waals surface area (Å²) in [6.07, 6.45) is 2.60. The average molecular weight is 277 g/mol. The van der Waals surface area contributed by atoms with Gasteiger partial charge in [-0.2, -0.15) is 0 Å². The number of nitro benzene ring substituents is 1. The second-order valence-electron chi connectivity index (χ2n) is 4.36. The molecule has 1 aromatic rings. The van der Waals surface area contributed by atoms with Crippen LogP contribution < -0.4 is 5.73 Å². The Kier molecular flexibility index (Phi) is 5.89. The lowest BCUT2D eigenvalue weighted by Gasteiger charge is -2.25. The van der Waals surface area contributed by atoms with E-state index in [-0.39, 0.29) is 12.1 Å². The topological polar surface area (TPSA) is 92.6 Å². The first-order valence-electron chi connectivity index (χ1n) is 6.16. The van der Waals surface area contributed by atoms with Crippen LogP contribution in [0, 0.1) is 10.1 Å². The van der Waals surface area contributed by atoms with E-state index in [4.69, 9.17) is 5.73 Å². The van der Waals surface area contributed by atoms with Gasteiger partial charge in [-0.3, -0.25) is 15.0 Å². The molecule has 1 rings (SSSR count). The number of hydrogen-bond donors (Lipinski definition) is 2. The van der Waals surface area contributed by atoms with E-state index in [9.17, 15) is 15.2 Å². The molecule has 6 nitrogen and oxygen atoms in total. The Morgan fingerprint density at radius 2 is 2.00 bits per heavy atom. The minimum absolute atomic E-state index is 0.0822. The molecule has 1 aromatic carbocycles. The molecule has 3 N–H and O–H groups in total. The number of nitrogens with two attached hydrogens (primary N) is 1. The smallest absolute Gasteiger partial charge is 0.274 e. The molecule has 0 fully saturated rings. The van der Waals surface area contributed by atoms with E-state index in [0.29, 0.717) is 24.3 Å². The molecular formula is C14H19N3O3. The highest BCUT2D eigenvalue weighted by atomic mass is 16.6. The van der Waals surface area contributed by atoms with Crippen molar-refractivity contribution in [2.24, 2.45) is 0 Å². The van der Waals surface area contributed by atoms with E-state index < -0.39 is 11.2 Å². The Bertz CT molecular complexity index is 492. The number of hydrogen-bond acceptors (Lipinski definition) is 5. The molecule has 20 heavy (non-hydrogen) atoms. The largest absolute Gasteiger partial charge is 0.399 e. The monoisotopic (exact) mass is 277 g/mol. The van der Waals surface area contributed by atoms with Crippen LogP contribution in [0.25, 0.3) is 0 Å². The summed E-state index contributed by atoms with van der Waals surface area (Å²) in [7, 11) is 0. The van der Waals surface area contributed by atoms with Crippen LogP contribution in [0.5, 0.6) is 0 Å². The number of nitrogens with zero attached hydrogens (tertiary/aromatic N) is 2. The first kappa shape index (κ1) is 15.9. The lowest BCUT2D eigenvalue weighted by molar-refractivity contribution is -0.385. The van der Waals surface area contributed by atoms with Crippen LogP contribution in [0.2, 0.25) is 0 Å². The van der Waals surface area contributed by atoms with Crippen molar-refractivity contribution in [3.05, 3.63) is 59.2 Å². The second kappa shape index (κ2) is 7.42. The predicted molar refractivity (Wildman–Crippen MR) is 79.2 cm³/mol. The summed E-state index contributed by atoms with van der Waals surface area (Å²) >= 11 is 0. The fraction of sp³-hybridized carbons (Fsp3) is 0.286.